The van der Waals surface area contributed by atoms with E-state index in [-0.39, 0.29) is 47.7 Å². The smallest absolute Gasteiger partial charge is 0.371 e. The number of rotatable bonds is 9. The van der Waals surface area contributed by atoms with E-state index in [1.807, 2.05) is 25.4 Å². The van der Waals surface area contributed by atoms with E-state index in [4.69, 9.17) is 0 Å². The molecule has 57 heavy (non-hydrogen) atoms. The van der Waals surface area contributed by atoms with Crippen LogP contribution in [0.1, 0.15) is 79.9 Å². The van der Waals surface area contributed by atoms with E-state index in [1.54, 1.807) is 12.1 Å². The average molecular weight is 807 g/mol. The molecule has 0 bridgehead atoms. The molecular weight excluding hydrogens is 758 g/mol. The molecule has 304 valence electrons. The van der Waals surface area contributed by atoms with Gasteiger partial charge in [-0.05, 0) is 105 Å². The molecule has 2 aromatic carbocycles. The minimum atomic E-state index is -4.51. The van der Waals surface area contributed by atoms with E-state index >= 15 is 0 Å². The van der Waals surface area contributed by atoms with Gasteiger partial charge in [0.1, 0.15) is 0 Å². The van der Waals surface area contributed by atoms with Crippen LogP contribution in [0.5, 0.6) is 0 Å². The van der Waals surface area contributed by atoms with Crippen molar-refractivity contribution in [2.75, 3.05) is 56.0 Å². The highest BCUT2D eigenvalue weighted by Gasteiger charge is 2.34. The molecule has 4 fully saturated rings. The molecule has 6 heterocycles. The van der Waals surface area contributed by atoms with Gasteiger partial charge < -0.3 is 19.7 Å². The molecule has 4 saturated heterocycles. The van der Waals surface area contributed by atoms with Crippen molar-refractivity contribution >= 4 is 44.4 Å². The zero-order valence-electron chi connectivity index (χ0n) is 32.0. The zero-order valence-corrected chi connectivity index (χ0v) is 32.9. The molecule has 4 aliphatic heterocycles. The first-order chi connectivity index (χ1) is 27.3. The largest absolute Gasteiger partial charge is 0.419 e. The van der Waals surface area contributed by atoms with E-state index in [0.717, 1.165) is 93.0 Å². The summed E-state index contributed by atoms with van der Waals surface area (Å²) in [5.41, 5.74) is 3.44. The number of aryl methyl sites for hydroxylation is 1. The number of alkyl halides is 3. The number of carbonyl (C=O) groups is 2. The van der Waals surface area contributed by atoms with Crippen molar-refractivity contribution in [3.63, 3.8) is 0 Å². The van der Waals surface area contributed by atoms with Crippen LogP contribution in [0, 0.1) is 5.92 Å². The lowest BCUT2D eigenvalue weighted by Gasteiger charge is -2.38. The number of hydrogen-bond donors (Lipinski definition) is 2. The third kappa shape index (κ3) is 8.53. The van der Waals surface area contributed by atoms with Gasteiger partial charge in [0.15, 0.2) is 0 Å². The van der Waals surface area contributed by atoms with E-state index in [1.165, 1.54) is 9.87 Å². The quantitative estimate of drug-likeness (QED) is 0.200. The van der Waals surface area contributed by atoms with Crippen LogP contribution in [0.2, 0.25) is 0 Å². The molecule has 1 atom stereocenters. The average Bonchev–Trinajstić information content (AvgIpc) is 3.53. The number of carbonyl (C=O) groups excluding carboxylic acids is 2. The molecule has 2 N–H and O–H groups in total. The summed E-state index contributed by atoms with van der Waals surface area (Å²) >= 11 is 0. The minimum absolute atomic E-state index is 0.0907. The maximum Gasteiger partial charge on any atom is 0.419 e. The summed E-state index contributed by atoms with van der Waals surface area (Å²) in [5.74, 6) is 0.447. The van der Waals surface area contributed by atoms with Gasteiger partial charge in [-0.1, -0.05) is 18.2 Å². The van der Waals surface area contributed by atoms with Crippen molar-refractivity contribution in [3.05, 3.63) is 77.7 Å². The van der Waals surface area contributed by atoms with E-state index < -0.39 is 21.8 Å². The van der Waals surface area contributed by atoms with Crippen LogP contribution in [-0.4, -0.2) is 95.8 Å². The maximum absolute atomic E-state index is 13.7. The number of sulfonamides is 1. The first-order valence-corrected chi connectivity index (χ1v) is 21.4. The van der Waals surface area contributed by atoms with Gasteiger partial charge in [-0.2, -0.15) is 17.5 Å². The molecule has 0 spiro atoms. The van der Waals surface area contributed by atoms with Crippen molar-refractivity contribution in [1.82, 2.24) is 29.1 Å². The molecular formula is C41H49F3N8O4S. The fraction of sp³-hybridized carbons (Fsp3) is 0.512. The predicted octanol–water partition coefficient (Wildman–Crippen LogP) is 5.87. The van der Waals surface area contributed by atoms with Crippen LogP contribution in [0.15, 0.2) is 66.0 Å². The summed E-state index contributed by atoms with van der Waals surface area (Å²) < 4.78 is 69.5. The highest BCUT2D eigenvalue weighted by atomic mass is 32.2. The molecule has 0 radical (unpaired) electrons. The molecule has 4 aliphatic rings. The molecule has 4 aromatic rings. The Hall–Kier alpha value is -4.54. The van der Waals surface area contributed by atoms with Gasteiger partial charge in [0.2, 0.25) is 27.8 Å². The molecule has 2 aromatic heterocycles. The van der Waals surface area contributed by atoms with Crippen LogP contribution in [0.3, 0.4) is 0 Å². The second-order valence-corrected chi connectivity index (χ2v) is 18.0. The Kier molecular flexibility index (Phi) is 11.0. The number of fused-ring (bicyclic) bond motifs is 1. The monoisotopic (exact) mass is 806 g/mol. The number of benzene rings is 2. The molecule has 1 unspecified atom stereocenters. The van der Waals surface area contributed by atoms with E-state index in [0.29, 0.717) is 37.5 Å². The van der Waals surface area contributed by atoms with Crippen molar-refractivity contribution < 1.29 is 31.2 Å². The Morgan fingerprint density at radius 3 is 2.28 bits per heavy atom. The summed E-state index contributed by atoms with van der Waals surface area (Å²) in [6.07, 6.45) is 5.16. The fourth-order valence-electron chi connectivity index (χ4n) is 9.10. The summed E-state index contributed by atoms with van der Waals surface area (Å²) in [7, 11) is -1.70. The summed E-state index contributed by atoms with van der Waals surface area (Å²) in [5, 5.41) is 6.62. The minimum Gasteiger partial charge on any atom is -0.371 e. The SMILES string of the molecule is Cn1cc(C2CCC(=O)NC2=O)c2ccc(C3CCN(CC4CCN(c5cccc(S(=O)(=O)N6CCC(Nc7ncc(C(F)(F)F)cn7)CC6)c5)CC4)CC3)cc21. The second-order valence-electron chi connectivity index (χ2n) is 16.1. The van der Waals surface area contributed by atoms with Gasteiger partial charge in [-0.25, -0.2) is 18.4 Å². The zero-order chi connectivity index (χ0) is 39.9. The number of nitrogens with zero attached hydrogens (tertiary/aromatic N) is 6. The molecule has 8 rings (SSSR count). The fourth-order valence-corrected chi connectivity index (χ4v) is 10.6. The Balaban J connectivity index is 0.799. The Morgan fingerprint density at radius 1 is 0.877 bits per heavy atom. The van der Waals surface area contributed by atoms with Crippen LogP contribution in [-0.2, 0) is 32.8 Å². The molecule has 2 amide bonds. The number of imide groups is 1. The van der Waals surface area contributed by atoms with Gasteiger partial charge in [0, 0.05) is 87.4 Å². The third-order valence-corrected chi connectivity index (χ3v) is 14.3. The number of halogens is 3. The van der Waals surface area contributed by atoms with Crippen molar-refractivity contribution in [1.29, 1.82) is 0 Å². The number of amides is 2. The van der Waals surface area contributed by atoms with Crippen LogP contribution in [0.25, 0.3) is 10.9 Å². The number of piperidine rings is 4. The van der Waals surface area contributed by atoms with Crippen LogP contribution in [0.4, 0.5) is 24.8 Å². The van der Waals surface area contributed by atoms with Gasteiger partial charge in [0.05, 0.1) is 16.4 Å². The van der Waals surface area contributed by atoms with E-state index in [2.05, 4.69) is 53.2 Å². The number of hydrogen-bond acceptors (Lipinski definition) is 9. The Morgan fingerprint density at radius 2 is 1.60 bits per heavy atom. The van der Waals surface area contributed by atoms with Crippen LogP contribution >= 0.6 is 0 Å². The number of anilines is 2. The normalized spacial score (nSPS) is 21.6. The van der Waals surface area contributed by atoms with Crippen molar-refractivity contribution in [2.24, 2.45) is 13.0 Å². The summed E-state index contributed by atoms with van der Waals surface area (Å²) in [4.78, 5) is 37.0. The molecule has 0 saturated carbocycles. The van der Waals surface area contributed by atoms with E-state index in [9.17, 15) is 31.2 Å². The molecule has 0 aliphatic carbocycles. The Bertz CT molecular complexity index is 2210. The van der Waals surface area contributed by atoms with Crippen molar-refractivity contribution in [3.8, 4) is 0 Å². The lowest BCUT2D eigenvalue weighted by molar-refractivity contribution is -0.138. The standard InChI is InChI=1S/C41H49F3N8O4S/c1-49-26-36(35-7-8-38(53)48-39(35)54)34-6-5-29(21-37(34)49)28-11-15-50(16-12-28)25-27-9-17-51(18-10-27)32-3-2-4-33(22-32)57(55,56)52-19-13-31(14-20-52)47-40-45-23-30(24-46-40)41(42,43)44/h2-6,21-24,26-28,31,35H,7-20,25H2,1H3,(H,45,46,47)(H,48,53,54). The third-order valence-electron chi connectivity index (χ3n) is 12.4. The summed E-state index contributed by atoms with van der Waals surface area (Å²) in [6, 6.07) is 13.7. The highest BCUT2D eigenvalue weighted by Crippen LogP contribution is 2.37. The van der Waals surface area contributed by atoms with Gasteiger partial charge in [-0.3, -0.25) is 14.9 Å². The number of aromatic nitrogens is 3. The lowest BCUT2D eigenvalue weighted by atomic mass is 9.86. The van der Waals surface area contributed by atoms with Crippen molar-refractivity contribution in [2.45, 2.75) is 80.3 Å². The second kappa shape index (κ2) is 16.0. The maximum atomic E-state index is 13.7. The number of nitrogens with one attached hydrogen (secondary N) is 2. The molecule has 16 heteroatoms. The van der Waals surface area contributed by atoms with Gasteiger partial charge in [-0.15, -0.1) is 0 Å². The first kappa shape index (κ1) is 39.3. The highest BCUT2D eigenvalue weighted by molar-refractivity contribution is 7.89. The number of likely N-dealkylation sites (tertiary alicyclic amines) is 1. The summed E-state index contributed by atoms with van der Waals surface area (Å²) in [6.45, 7) is 5.46. The topological polar surface area (TPSA) is 133 Å². The van der Waals surface area contributed by atoms with Crippen LogP contribution < -0.4 is 15.5 Å². The lowest BCUT2D eigenvalue weighted by Crippen LogP contribution is -2.42. The van der Waals surface area contributed by atoms with Gasteiger partial charge in [0.25, 0.3) is 0 Å². The predicted molar refractivity (Wildman–Crippen MR) is 210 cm³/mol. The Labute approximate surface area is 330 Å². The first-order valence-electron chi connectivity index (χ1n) is 20.0. The van der Waals surface area contributed by atoms with Gasteiger partial charge >= 0.3 is 6.18 Å². The molecule has 12 nitrogen and oxygen atoms in total.